The molecule has 0 aromatic heterocycles. The maximum atomic E-state index is 13.4. The van der Waals surface area contributed by atoms with Crippen molar-refractivity contribution >= 4 is 27.5 Å². The van der Waals surface area contributed by atoms with Gasteiger partial charge in [-0.05, 0) is 56.5 Å². The summed E-state index contributed by atoms with van der Waals surface area (Å²) in [5.41, 5.74) is 1.12. The van der Waals surface area contributed by atoms with Gasteiger partial charge in [0.1, 0.15) is 17.6 Å². The first-order chi connectivity index (χ1) is 17.0. The van der Waals surface area contributed by atoms with Crippen LogP contribution in [0.1, 0.15) is 45.6 Å². The smallest absolute Gasteiger partial charge is 0.242 e. The lowest BCUT2D eigenvalue weighted by atomic mass is 10.1. The number of amides is 2. The quantitative estimate of drug-likeness (QED) is 0.434. The van der Waals surface area contributed by atoms with Gasteiger partial charge in [0, 0.05) is 31.6 Å². The van der Waals surface area contributed by atoms with E-state index in [1.807, 2.05) is 13.8 Å². The number of anilines is 1. The molecule has 0 aliphatic rings. The Morgan fingerprint density at radius 1 is 1.11 bits per heavy atom. The van der Waals surface area contributed by atoms with E-state index in [2.05, 4.69) is 5.32 Å². The molecule has 36 heavy (non-hydrogen) atoms. The lowest BCUT2D eigenvalue weighted by Crippen LogP contribution is -2.49. The molecule has 198 valence electrons. The summed E-state index contributed by atoms with van der Waals surface area (Å²) in [6.07, 6.45) is 2.12. The van der Waals surface area contributed by atoms with E-state index >= 15 is 0 Å². The average Bonchev–Trinajstić information content (AvgIpc) is 2.84. The van der Waals surface area contributed by atoms with E-state index in [1.165, 1.54) is 28.4 Å². The van der Waals surface area contributed by atoms with Crippen LogP contribution in [0.2, 0.25) is 0 Å². The highest BCUT2D eigenvalue weighted by atomic mass is 32.2. The van der Waals surface area contributed by atoms with Crippen LogP contribution in [0.5, 0.6) is 5.75 Å². The molecule has 0 bridgehead atoms. The SMILES string of the molecule is CC[C@H](C)NC(=O)[C@@H](C)N(Cc1ccc(F)cc1)C(=O)CCCN(c1cccc(OC)c1)S(C)(=O)=O. The summed E-state index contributed by atoms with van der Waals surface area (Å²) in [7, 11) is -2.11. The highest BCUT2D eigenvalue weighted by molar-refractivity contribution is 7.92. The van der Waals surface area contributed by atoms with Crippen molar-refractivity contribution in [2.75, 3.05) is 24.2 Å². The van der Waals surface area contributed by atoms with Gasteiger partial charge in [0.05, 0.1) is 19.1 Å². The van der Waals surface area contributed by atoms with Crippen LogP contribution in [0.25, 0.3) is 0 Å². The fraction of sp³-hybridized carbons (Fsp3) is 0.462. The number of nitrogens with one attached hydrogen (secondary N) is 1. The van der Waals surface area contributed by atoms with E-state index in [9.17, 15) is 22.4 Å². The molecule has 2 aromatic rings. The molecule has 0 saturated heterocycles. The number of nitrogens with zero attached hydrogens (tertiary/aromatic N) is 2. The normalized spacial score (nSPS) is 12.9. The summed E-state index contributed by atoms with van der Waals surface area (Å²) in [4.78, 5) is 27.5. The molecule has 2 atom stereocenters. The molecule has 0 fully saturated rings. The number of hydrogen-bond donors (Lipinski definition) is 1. The molecule has 10 heteroatoms. The molecule has 2 rings (SSSR count). The van der Waals surface area contributed by atoms with E-state index in [-0.39, 0.29) is 43.8 Å². The second kappa shape index (κ2) is 13.2. The van der Waals surface area contributed by atoms with Gasteiger partial charge in [-0.3, -0.25) is 13.9 Å². The van der Waals surface area contributed by atoms with Crippen LogP contribution in [0.3, 0.4) is 0 Å². The second-order valence-electron chi connectivity index (χ2n) is 8.78. The maximum Gasteiger partial charge on any atom is 0.242 e. The summed E-state index contributed by atoms with van der Waals surface area (Å²) in [5, 5.41) is 2.89. The van der Waals surface area contributed by atoms with E-state index in [1.54, 1.807) is 43.3 Å². The van der Waals surface area contributed by atoms with Crippen molar-refractivity contribution in [2.24, 2.45) is 0 Å². The molecule has 0 radical (unpaired) electrons. The van der Waals surface area contributed by atoms with Gasteiger partial charge >= 0.3 is 0 Å². The van der Waals surface area contributed by atoms with Gasteiger partial charge in [-0.15, -0.1) is 0 Å². The molecule has 0 aliphatic heterocycles. The van der Waals surface area contributed by atoms with Gasteiger partial charge in [-0.2, -0.15) is 0 Å². The number of carbonyl (C=O) groups is 2. The largest absolute Gasteiger partial charge is 0.497 e. The van der Waals surface area contributed by atoms with E-state index < -0.39 is 21.9 Å². The Hall–Kier alpha value is -3.14. The Labute approximate surface area is 213 Å². The first kappa shape index (κ1) is 29.1. The standard InChI is InChI=1S/C26H36FN3O5S/c1-6-19(2)28-26(32)20(3)29(18-21-12-14-22(27)15-13-21)25(31)11-8-16-30(36(5,33)34)23-9-7-10-24(17-23)35-4/h7,9-10,12-15,17,19-20H,6,8,11,16,18H2,1-5H3,(H,28,32)/t19-,20+/m0/s1. The van der Waals surface area contributed by atoms with E-state index in [0.29, 0.717) is 17.0 Å². The third kappa shape index (κ3) is 8.51. The molecule has 2 amide bonds. The van der Waals surface area contributed by atoms with E-state index in [0.717, 1.165) is 12.7 Å². The predicted octanol–water partition coefficient (Wildman–Crippen LogP) is 3.71. The Balaban J connectivity index is 2.17. The van der Waals surface area contributed by atoms with E-state index in [4.69, 9.17) is 4.74 Å². The molecule has 1 N–H and O–H groups in total. The topological polar surface area (TPSA) is 96.0 Å². The Bertz CT molecular complexity index is 1120. The molecule has 0 heterocycles. The fourth-order valence-electron chi connectivity index (χ4n) is 3.60. The summed E-state index contributed by atoms with van der Waals surface area (Å²) in [6, 6.07) is 11.6. The van der Waals surface area contributed by atoms with Crippen molar-refractivity contribution < 1.29 is 27.1 Å². The first-order valence-corrected chi connectivity index (χ1v) is 13.8. The minimum absolute atomic E-state index is 0.0259. The third-order valence-corrected chi connectivity index (χ3v) is 7.12. The van der Waals surface area contributed by atoms with Crippen LogP contribution in [0.4, 0.5) is 10.1 Å². The van der Waals surface area contributed by atoms with Crippen molar-refractivity contribution in [3.8, 4) is 5.75 Å². The molecule has 0 aliphatic carbocycles. The molecule has 0 saturated carbocycles. The number of hydrogen-bond acceptors (Lipinski definition) is 5. The molecular formula is C26H36FN3O5S. The highest BCUT2D eigenvalue weighted by Crippen LogP contribution is 2.24. The van der Waals surface area contributed by atoms with Gasteiger partial charge in [-0.25, -0.2) is 12.8 Å². The van der Waals surface area contributed by atoms with Crippen molar-refractivity contribution in [2.45, 2.75) is 58.7 Å². The first-order valence-electron chi connectivity index (χ1n) is 11.9. The molecule has 2 aromatic carbocycles. The molecule has 8 nitrogen and oxygen atoms in total. The summed E-state index contributed by atoms with van der Waals surface area (Å²) >= 11 is 0. The van der Waals surface area contributed by atoms with Crippen LogP contribution in [0, 0.1) is 5.82 Å². The zero-order valence-electron chi connectivity index (χ0n) is 21.5. The minimum atomic E-state index is -3.61. The zero-order chi connectivity index (χ0) is 26.9. The number of halogens is 1. The highest BCUT2D eigenvalue weighted by Gasteiger charge is 2.27. The Kier molecular flexibility index (Phi) is 10.7. The van der Waals surface area contributed by atoms with Gasteiger partial charge in [0.2, 0.25) is 21.8 Å². The number of rotatable bonds is 13. The van der Waals surface area contributed by atoms with Crippen LogP contribution in [-0.4, -0.2) is 57.1 Å². The molecule has 0 unspecified atom stereocenters. The average molecular weight is 522 g/mol. The third-order valence-electron chi connectivity index (χ3n) is 5.93. The maximum absolute atomic E-state index is 13.4. The predicted molar refractivity (Wildman–Crippen MR) is 139 cm³/mol. The van der Waals surface area contributed by atoms with Crippen molar-refractivity contribution in [3.63, 3.8) is 0 Å². The minimum Gasteiger partial charge on any atom is -0.497 e. The van der Waals surface area contributed by atoms with Crippen molar-refractivity contribution in [1.29, 1.82) is 0 Å². The summed E-state index contributed by atoms with van der Waals surface area (Å²) in [6.45, 7) is 5.69. The van der Waals surface area contributed by atoms with Gasteiger partial charge < -0.3 is 15.0 Å². The van der Waals surface area contributed by atoms with Crippen LogP contribution >= 0.6 is 0 Å². The lowest BCUT2D eigenvalue weighted by molar-refractivity contribution is -0.140. The van der Waals surface area contributed by atoms with Crippen LogP contribution in [-0.2, 0) is 26.2 Å². The zero-order valence-corrected chi connectivity index (χ0v) is 22.3. The van der Waals surface area contributed by atoms with Gasteiger partial charge in [-0.1, -0.05) is 25.1 Å². The monoisotopic (exact) mass is 521 g/mol. The molecule has 0 spiro atoms. The number of ether oxygens (including phenoxy) is 1. The van der Waals surface area contributed by atoms with Crippen molar-refractivity contribution in [3.05, 3.63) is 59.9 Å². The molecular weight excluding hydrogens is 485 g/mol. The second-order valence-corrected chi connectivity index (χ2v) is 10.7. The van der Waals surface area contributed by atoms with Crippen LogP contribution < -0.4 is 14.4 Å². The fourth-order valence-corrected chi connectivity index (χ4v) is 4.56. The summed E-state index contributed by atoms with van der Waals surface area (Å²) < 4.78 is 44.7. The van der Waals surface area contributed by atoms with Crippen LogP contribution in [0.15, 0.2) is 48.5 Å². The number of methoxy groups -OCH3 is 1. The number of carbonyl (C=O) groups excluding carboxylic acids is 2. The van der Waals surface area contributed by atoms with Gasteiger partial charge in [0.15, 0.2) is 0 Å². The summed E-state index contributed by atoms with van der Waals surface area (Å²) in [5.74, 6) is -0.458. The van der Waals surface area contributed by atoms with Gasteiger partial charge in [0.25, 0.3) is 0 Å². The number of sulfonamides is 1. The number of benzene rings is 2. The Morgan fingerprint density at radius 3 is 2.36 bits per heavy atom. The van der Waals surface area contributed by atoms with Crippen molar-refractivity contribution in [1.82, 2.24) is 10.2 Å². The lowest BCUT2D eigenvalue weighted by Gasteiger charge is -2.30. The Morgan fingerprint density at radius 2 is 1.78 bits per heavy atom.